The van der Waals surface area contributed by atoms with Gasteiger partial charge in [0, 0.05) is 6.08 Å². The molecule has 0 fully saturated rings. The standard InChI is InChI=1S/C5H7BrO2/c1-4(6)3-5(7)8-2/h3H,1-2H3/b4-3-. The summed E-state index contributed by atoms with van der Waals surface area (Å²) in [6.07, 6.45) is 1.36. The van der Waals surface area contributed by atoms with Crippen molar-refractivity contribution in [1.29, 1.82) is 0 Å². The van der Waals surface area contributed by atoms with Crippen molar-refractivity contribution in [3.63, 3.8) is 0 Å². The van der Waals surface area contributed by atoms with E-state index < -0.39 is 0 Å². The van der Waals surface area contributed by atoms with Crippen LogP contribution < -0.4 is 0 Å². The highest BCUT2D eigenvalue weighted by Gasteiger charge is 1.90. The first kappa shape index (κ1) is 7.69. The summed E-state index contributed by atoms with van der Waals surface area (Å²) in [6.45, 7) is 1.76. The number of carbonyl (C=O) groups is 1. The summed E-state index contributed by atoms with van der Waals surface area (Å²) in [5, 5.41) is 0. The average molecular weight is 179 g/mol. The molecule has 0 aliphatic rings. The summed E-state index contributed by atoms with van der Waals surface area (Å²) in [7, 11) is 1.34. The van der Waals surface area contributed by atoms with E-state index in [0.717, 1.165) is 4.48 Å². The lowest BCUT2D eigenvalue weighted by atomic mass is 10.5. The Labute approximate surface area is 56.7 Å². The van der Waals surface area contributed by atoms with Crippen LogP contribution in [0.25, 0.3) is 0 Å². The van der Waals surface area contributed by atoms with Crippen molar-refractivity contribution in [3.8, 4) is 0 Å². The highest BCUT2D eigenvalue weighted by atomic mass is 79.9. The van der Waals surface area contributed by atoms with Crippen molar-refractivity contribution < 1.29 is 9.53 Å². The van der Waals surface area contributed by atoms with E-state index in [1.165, 1.54) is 13.2 Å². The van der Waals surface area contributed by atoms with Crippen molar-refractivity contribution in [2.24, 2.45) is 0 Å². The third kappa shape index (κ3) is 3.87. The van der Waals surface area contributed by atoms with Gasteiger partial charge in [-0.2, -0.15) is 0 Å². The molecule has 0 saturated carbocycles. The van der Waals surface area contributed by atoms with Crippen LogP contribution in [-0.2, 0) is 9.53 Å². The van der Waals surface area contributed by atoms with E-state index in [1.54, 1.807) is 6.92 Å². The Bertz CT molecular complexity index is 114. The Hall–Kier alpha value is -0.310. The molecule has 0 aromatic carbocycles. The van der Waals surface area contributed by atoms with Crippen LogP contribution in [-0.4, -0.2) is 13.1 Å². The lowest BCUT2D eigenvalue weighted by Crippen LogP contribution is -1.93. The van der Waals surface area contributed by atoms with Gasteiger partial charge in [0.05, 0.1) is 7.11 Å². The van der Waals surface area contributed by atoms with Crippen molar-refractivity contribution in [1.82, 2.24) is 0 Å². The molecule has 0 spiro atoms. The summed E-state index contributed by atoms with van der Waals surface area (Å²) in [5.74, 6) is -0.334. The molecule has 0 aliphatic heterocycles. The lowest BCUT2D eigenvalue weighted by molar-refractivity contribution is -0.134. The van der Waals surface area contributed by atoms with Crippen LogP contribution in [0.1, 0.15) is 6.92 Å². The molecule has 0 aromatic rings. The fourth-order valence-corrected chi connectivity index (χ4v) is 0.408. The molecule has 2 nitrogen and oxygen atoms in total. The molecule has 0 radical (unpaired) electrons. The number of rotatable bonds is 1. The van der Waals surface area contributed by atoms with Crippen LogP contribution in [0.3, 0.4) is 0 Å². The van der Waals surface area contributed by atoms with Crippen LogP contribution in [0.15, 0.2) is 10.6 Å². The predicted molar refractivity (Wildman–Crippen MR) is 34.7 cm³/mol. The lowest BCUT2D eigenvalue weighted by Gasteiger charge is -1.87. The number of hydrogen-bond acceptors (Lipinski definition) is 2. The van der Waals surface area contributed by atoms with Gasteiger partial charge in [-0.1, -0.05) is 15.9 Å². The highest BCUT2D eigenvalue weighted by Crippen LogP contribution is 2.00. The molecule has 0 N–H and O–H groups in total. The number of halogens is 1. The van der Waals surface area contributed by atoms with Crippen LogP contribution in [0.5, 0.6) is 0 Å². The van der Waals surface area contributed by atoms with Gasteiger partial charge >= 0.3 is 5.97 Å². The average Bonchev–Trinajstić information content (AvgIpc) is 1.65. The van der Waals surface area contributed by atoms with Crippen molar-refractivity contribution in [3.05, 3.63) is 10.6 Å². The maximum absolute atomic E-state index is 10.3. The van der Waals surface area contributed by atoms with E-state index in [1.807, 2.05) is 0 Å². The smallest absolute Gasteiger partial charge is 0.331 e. The van der Waals surface area contributed by atoms with E-state index in [4.69, 9.17) is 0 Å². The quantitative estimate of drug-likeness (QED) is 0.449. The Morgan fingerprint density at radius 2 is 2.25 bits per heavy atom. The molecule has 0 unspecified atom stereocenters. The first-order valence-corrected chi connectivity index (χ1v) is 2.88. The second-order valence-electron chi connectivity index (χ2n) is 1.25. The summed E-state index contributed by atoms with van der Waals surface area (Å²) in [5.41, 5.74) is 0. The van der Waals surface area contributed by atoms with Crippen LogP contribution in [0.2, 0.25) is 0 Å². The fourth-order valence-electron chi connectivity index (χ4n) is 0.221. The van der Waals surface area contributed by atoms with Crippen LogP contribution in [0.4, 0.5) is 0 Å². The number of carbonyl (C=O) groups excluding carboxylic acids is 1. The van der Waals surface area contributed by atoms with Gasteiger partial charge in [-0.25, -0.2) is 4.79 Å². The summed E-state index contributed by atoms with van der Waals surface area (Å²) in [6, 6.07) is 0. The Morgan fingerprint density at radius 1 is 1.75 bits per heavy atom. The zero-order chi connectivity index (χ0) is 6.57. The minimum atomic E-state index is -0.334. The maximum Gasteiger partial charge on any atom is 0.331 e. The molecule has 0 rings (SSSR count). The van der Waals surface area contributed by atoms with E-state index in [-0.39, 0.29) is 5.97 Å². The third-order valence-electron chi connectivity index (χ3n) is 0.518. The van der Waals surface area contributed by atoms with Gasteiger partial charge in [0.1, 0.15) is 0 Å². The summed E-state index contributed by atoms with van der Waals surface area (Å²) >= 11 is 3.08. The normalized spacial score (nSPS) is 11.1. The zero-order valence-electron chi connectivity index (χ0n) is 4.77. The Balaban J connectivity index is 3.70. The monoisotopic (exact) mass is 178 g/mol. The summed E-state index contributed by atoms with van der Waals surface area (Å²) < 4.78 is 5.08. The Kier molecular flexibility index (Phi) is 3.52. The van der Waals surface area contributed by atoms with Gasteiger partial charge in [-0.05, 0) is 11.4 Å². The van der Waals surface area contributed by atoms with Gasteiger partial charge in [0.15, 0.2) is 0 Å². The molecule has 8 heavy (non-hydrogen) atoms. The van der Waals surface area contributed by atoms with E-state index in [0.29, 0.717) is 0 Å². The number of methoxy groups -OCH3 is 1. The van der Waals surface area contributed by atoms with Gasteiger partial charge in [0.2, 0.25) is 0 Å². The highest BCUT2D eigenvalue weighted by molar-refractivity contribution is 9.11. The molecular weight excluding hydrogens is 172 g/mol. The molecule has 0 aromatic heterocycles. The molecule has 46 valence electrons. The fraction of sp³-hybridized carbons (Fsp3) is 0.400. The van der Waals surface area contributed by atoms with E-state index >= 15 is 0 Å². The molecule has 0 bridgehead atoms. The largest absolute Gasteiger partial charge is 0.466 e. The number of allylic oxidation sites excluding steroid dienone is 1. The molecule has 0 saturated heterocycles. The SMILES string of the molecule is COC(=O)/C=C(/C)Br. The van der Waals surface area contributed by atoms with Crippen molar-refractivity contribution in [2.45, 2.75) is 6.92 Å². The van der Waals surface area contributed by atoms with Gasteiger partial charge in [0.25, 0.3) is 0 Å². The number of esters is 1. The molecular formula is C5H7BrO2. The Morgan fingerprint density at radius 3 is 2.38 bits per heavy atom. The maximum atomic E-state index is 10.3. The molecule has 0 atom stereocenters. The number of hydrogen-bond donors (Lipinski definition) is 0. The van der Waals surface area contributed by atoms with Crippen LogP contribution in [0, 0.1) is 0 Å². The first-order valence-electron chi connectivity index (χ1n) is 2.08. The second-order valence-corrected chi connectivity index (χ2v) is 2.51. The van der Waals surface area contributed by atoms with Gasteiger partial charge in [-0.3, -0.25) is 0 Å². The van der Waals surface area contributed by atoms with Crippen molar-refractivity contribution >= 4 is 21.9 Å². The van der Waals surface area contributed by atoms with Crippen molar-refractivity contribution in [2.75, 3.05) is 7.11 Å². The first-order chi connectivity index (χ1) is 3.66. The second kappa shape index (κ2) is 3.66. The molecule has 0 amide bonds. The van der Waals surface area contributed by atoms with Gasteiger partial charge < -0.3 is 4.74 Å². The summed E-state index contributed by atoms with van der Waals surface area (Å²) in [4.78, 5) is 10.3. The topological polar surface area (TPSA) is 26.3 Å². The third-order valence-corrected chi connectivity index (χ3v) is 0.747. The molecule has 3 heteroatoms. The minimum Gasteiger partial charge on any atom is -0.466 e. The van der Waals surface area contributed by atoms with E-state index in [2.05, 4.69) is 20.7 Å². The van der Waals surface area contributed by atoms with Crippen LogP contribution >= 0.6 is 15.9 Å². The van der Waals surface area contributed by atoms with Gasteiger partial charge in [-0.15, -0.1) is 0 Å². The predicted octanol–water partition coefficient (Wildman–Crippen LogP) is 1.46. The minimum absolute atomic E-state index is 0.334. The van der Waals surface area contributed by atoms with E-state index in [9.17, 15) is 4.79 Å². The zero-order valence-corrected chi connectivity index (χ0v) is 6.36. The molecule has 0 heterocycles. The number of ether oxygens (including phenoxy) is 1. The molecule has 0 aliphatic carbocycles.